The molecule has 0 radical (unpaired) electrons. The van der Waals surface area contributed by atoms with Crippen LogP contribution in [0, 0.1) is 53.7 Å². The van der Waals surface area contributed by atoms with E-state index in [0.29, 0.717) is 11.5 Å². The van der Waals surface area contributed by atoms with Gasteiger partial charge in [-0.3, -0.25) is 4.68 Å². The summed E-state index contributed by atoms with van der Waals surface area (Å²) in [6.07, 6.45) is 1.85. The number of fused-ring (bicyclic) bond motifs is 3. The topological polar surface area (TPSA) is 44.9 Å². The minimum absolute atomic E-state index is 0. The Hall–Kier alpha value is -4.50. The van der Waals surface area contributed by atoms with E-state index in [2.05, 4.69) is 136 Å². The van der Waals surface area contributed by atoms with E-state index in [1.807, 2.05) is 41.2 Å². The molecule has 0 saturated carbocycles. The Labute approximate surface area is 322 Å². The zero-order valence-electron chi connectivity index (χ0n) is 32.4. The standard InChI is InChI=1S/C46H48N4O.Pd/c1-27-22-23-47-40(24-27)49-38-19-14-13-18-36(38)37-21-20-35(26-39(37)49)51-34-17-15-16-33(25-34)50-32(6)41(31(5)48-50)42-43(45(7,8)9)29(3)28(2)30(4)44(42)46(10,11)12;/h13-24H,1-12H3;/q-2;+2. The summed E-state index contributed by atoms with van der Waals surface area (Å²) < 4.78 is 10.7. The molecule has 0 atom stereocenters. The number of ether oxygens (including phenoxy) is 1. The molecule has 0 N–H and O–H groups in total. The molecule has 4 aromatic carbocycles. The van der Waals surface area contributed by atoms with Crippen molar-refractivity contribution in [3.8, 4) is 34.1 Å². The predicted molar refractivity (Wildman–Crippen MR) is 211 cm³/mol. The molecule has 0 saturated heterocycles. The molecule has 0 bridgehead atoms. The Balaban J connectivity index is 0.00000464. The molecular weight excluding hydrogens is 731 g/mol. The van der Waals surface area contributed by atoms with Crippen molar-refractivity contribution in [1.82, 2.24) is 19.3 Å². The molecule has 7 rings (SSSR count). The van der Waals surface area contributed by atoms with Gasteiger partial charge in [0.2, 0.25) is 0 Å². The first-order chi connectivity index (χ1) is 24.1. The van der Waals surface area contributed by atoms with Crippen molar-refractivity contribution in [3.05, 3.63) is 130 Å². The summed E-state index contributed by atoms with van der Waals surface area (Å²) in [5, 5.41) is 7.41. The van der Waals surface area contributed by atoms with E-state index in [4.69, 9.17) is 14.8 Å². The summed E-state index contributed by atoms with van der Waals surface area (Å²) >= 11 is 0. The van der Waals surface area contributed by atoms with Crippen LogP contribution in [0.4, 0.5) is 0 Å². The number of rotatable bonds is 5. The first kappa shape index (κ1) is 37.3. The first-order valence-corrected chi connectivity index (χ1v) is 17.9. The van der Waals surface area contributed by atoms with E-state index < -0.39 is 0 Å². The Morgan fingerprint density at radius 3 is 1.96 bits per heavy atom. The maximum Gasteiger partial charge on any atom is 2.00 e. The molecule has 52 heavy (non-hydrogen) atoms. The molecule has 3 aromatic heterocycles. The average Bonchev–Trinajstić information content (AvgIpc) is 3.54. The van der Waals surface area contributed by atoms with Gasteiger partial charge in [0.05, 0.1) is 5.69 Å². The van der Waals surface area contributed by atoms with Gasteiger partial charge in [0, 0.05) is 34.5 Å². The summed E-state index contributed by atoms with van der Waals surface area (Å²) in [7, 11) is 0. The van der Waals surface area contributed by atoms with Crippen LogP contribution in [0.15, 0.2) is 72.9 Å². The van der Waals surface area contributed by atoms with Gasteiger partial charge in [-0.1, -0.05) is 65.3 Å². The van der Waals surface area contributed by atoms with Crippen LogP contribution < -0.4 is 4.74 Å². The monoisotopic (exact) mass is 778 g/mol. The van der Waals surface area contributed by atoms with E-state index in [-0.39, 0.29) is 31.3 Å². The smallest absolute Gasteiger partial charge is 0.509 e. The van der Waals surface area contributed by atoms with Gasteiger partial charge >= 0.3 is 20.4 Å². The van der Waals surface area contributed by atoms with E-state index in [9.17, 15) is 0 Å². The van der Waals surface area contributed by atoms with Crippen LogP contribution in [0.1, 0.15) is 86.3 Å². The maximum atomic E-state index is 6.51. The molecule has 0 aliphatic carbocycles. The SMILES string of the molecule is Cc1ccnc(-n2c3[c-]c(Oc4[c-]c(-n5nc(C)c(-c6c(C(C)(C)C)c(C)c(C)c(C)c6C(C)(C)C)c5C)ccc4)ccc3c3ccccc32)c1.[Pd+2]. The molecule has 268 valence electrons. The van der Waals surface area contributed by atoms with Gasteiger partial charge in [-0.15, -0.1) is 35.7 Å². The molecular formula is C46H48N4OPd. The number of benzene rings is 4. The molecule has 6 heteroatoms. The second-order valence-corrected chi connectivity index (χ2v) is 16.1. The zero-order valence-corrected chi connectivity index (χ0v) is 34.0. The van der Waals surface area contributed by atoms with E-state index >= 15 is 0 Å². The van der Waals surface area contributed by atoms with Crippen molar-refractivity contribution < 1.29 is 25.2 Å². The Morgan fingerprint density at radius 1 is 0.654 bits per heavy atom. The van der Waals surface area contributed by atoms with Gasteiger partial charge in [-0.05, 0) is 121 Å². The second kappa shape index (κ2) is 13.5. The van der Waals surface area contributed by atoms with Gasteiger partial charge in [-0.2, -0.15) is 17.2 Å². The normalized spacial score (nSPS) is 12.1. The Morgan fingerprint density at radius 2 is 1.31 bits per heavy atom. The molecule has 5 nitrogen and oxygen atoms in total. The number of hydrogen-bond acceptors (Lipinski definition) is 3. The molecule has 0 fully saturated rings. The van der Waals surface area contributed by atoms with Gasteiger partial charge in [-0.25, -0.2) is 4.98 Å². The Kier molecular flexibility index (Phi) is 9.66. The fourth-order valence-corrected chi connectivity index (χ4v) is 8.07. The van der Waals surface area contributed by atoms with Crippen molar-refractivity contribution in [2.45, 2.75) is 93.9 Å². The van der Waals surface area contributed by atoms with Gasteiger partial charge in [0.15, 0.2) is 0 Å². The van der Waals surface area contributed by atoms with Crippen LogP contribution >= 0.6 is 0 Å². The number of aryl methyl sites for hydroxylation is 2. The minimum atomic E-state index is -0.0581. The zero-order chi connectivity index (χ0) is 36.6. The molecule has 0 amide bonds. The molecule has 3 heterocycles. The van der Waals surface area contributed by atoms with Crippen LogP contribution in [-0.4, -0.2) is 19.3 Å². The summed E-state index contributed by atoms with van der Waals surface area (Å²) in [6, 6.07) is 29.7. The molecule has 0 aliphatic rings. The van der Waals surface area contributed by atoms with Crippen LogP contribution in [0.3, 0.4) is 0 Å². The molecule has 0 spiro atoms. The van der Waals surface area contributed by atoms with E-state index in [1.54, 1.807) is 0 Å². The van der Waals surface area contributed by atoms with Crippen LogP contribution in [0.25, 0.3) is 44.4 Å². The molecule has 7 aromatic rings. The largest absolute Gasteiger partial charge is 2.00 e. The third-order valence-corrected chi connectivity index (χ3v) is 10.3. The van der Waals surface area contributed by atoms with Crippen LogP contribution in [0.5, 0.6) is 11.5 Å². The molecule has 0 aliphatic heterocycles. The van der Waals surface area contributed by atoms with E-state index in [1.165, 1.54) is 38.9 Å². The van der Waals surface area contributed by atoms with Crippen LogP contribution in [0.2, 0.25) is 0 Å². The second-order valence-electron chi connectivity index (χ2n) is 16.1. The molecule has 0 unspecified atom stereocenters. The van der Waals surface area contributed by atoms with Crippen molar-refractivity contribution in [1.29, 1.82) is 0 Å². The van der Waals surface area contributed by atoms with E-state index in [0.717, 1.165) is 50.3 Å². The van der Waals surface area contributed by atoms with Crippen molar-refractivity contribution in [2.75, 3.05) is 0 Å². The summed E-state index contributed by atoms with van der Waals surface area (Å²) in [4.78, 5) is 4.72. The third-order valence-electron chi connectivity index (χ3n) is 10.3. The maximum absolute atomic E-state index is 6.51. The predicted octanol–water partition coefficient (Wildman–Crippen LogP) is 11.9. The Bertz CT molecular complexity index is 2440. The average molecular weight is 779 g/mol. The number of aromatic nitrogens is 4. The first-order valence-electron chi connectivity index (χ1n) is 17.9. The quantitative estimate of drug-likeness (QED) is 0.129. The van der Waals surface area contributed by atoms with Crippen molar-refractivity contribution >= 4 is 21.8 Å². The summed E-state index contributed by atoms with van der Waals surface area (Å²) in [5.41, 5.74) is 15.4. The number of nitrogens with zero attached hydrogens (tertiary/aromatic N) is 4. The third kappa shape index (κ3) is 6.31. The van der Waals surface area contributed by atoms with Gasteiger partial charge in [0.25, 0.3) is 0 Å². The van der Waals surface area contributed by atoms with Crippen molar-refractivity contribution in [3.63, 3.8) is 0 Å². The van der Waals surface area contributed by atoms with Gasteiger partial charge < -0.3 is 9.30 Å². The van der Waals surface area contributed by atoms with Crippen molar-refractivity contribution in [2.24, 2.45) is 0 Å². The number of para-hydroxylation sites is 1. The number of hydrogen-bond donors (Lipinski definition) is 0. The van der Waals surface area contributed by atoms with Gasteiger partial charge in [0.1, 0.15) is 5.82 Å². The minimum Gasteiger partial charge on any atom is -0.509 e. The summed E-state index contributed by atoms with van der Waals surface area (Å²) in [5.74, 6) is 2.06. The summed E-state index contributed by atoms with van der Waals surface area (Å²) in [6.45, 7) is 27.2. The van der Waals surface area contributed by atoms with Crippen LogP contribution in [-0.2, 0) is 31.3 Å². The fourth-order valence-electron chi connectivity index (χ4n) is 8.07. The fraction of sp³-hybridized carbons (Fsp3) is 0.304. The number of pyridine rings is 1.